The quantitative estimate of drug-likeness (QED) is 0.703. The lowest BCUT2D eigenvalue weighted by atomic mass is 9.90. The molecule has 0 radical (unpaired) electrons. The highest BCUT2D eigenvalue weighted by molar-refractivity contribution is 6.74. The van der Waals surface area contributed by atoms with Crippen LogP contribution in [0.15, 0.2) is 0 Å². The van der Waals surface area contributed by atoms with E-state index in [0.29, 0.717) is 12.3 Å². The molecule has 0 aliphatic carbocycles. The average Bonchev–Trinajstić information content (AvgIpc) is 2.23. The fourth-order valence-electron chi connectivity index (χ4n) is 2.06. The van der Waals surface area contributed by atoms with E-state index >= 15 is 0 Å². The Morgan fingerprint density at radius 1 is 1.00 bits per heavy atom. The van der Waals surface area contributed by atoms with Gasteiger partial charge < -0.3 is 14.6 Å². The van der Waals surface area contributed by atoms with E-state index in [1.807, 2.05) is 13.8 Å². The summed E-state index contributed by atoms with van der Waals surface area (Å²) < 4.78 is 6.22. The number of aliphatic hydroxyl groups excluding tert-OH is 2. The fourth-order valence-corrected chi connectivity index (χ4v) is 3.49. The molecule has 0 aromatic rings. The maximum absolute atomic E-state index is 10.4. The summed E-state index contributed by atoms with van der Waals surface area (Å²) in [7, 11) is -1.89. The normalized spacial score (nSPS) is 19.8. The number of hydrogen-bond acceptors (Lipinski definition) is 3. The Kier molecular flexibility index (Phi) is 7.42. The molecule has 4 heteroatoms. The zero-order valence-electron chi connectivity index (χ0n) is 14.9. The first-order chi connectivity index (χ1) is 8.79. The molecule has 0 aromatic heterocycles. The first-order valence-corrected chi connectivity index (χ1v) is 10.7. The molecular weight excluding hydrogens is 268 g/mol. The molecule has 122 valence electrons. The minimum Gasteiger partial charge on any atom is -0.412 e. The third-order valence-corrected chi connectivity index (χ3v) is 9.20. The highest BCUT2D eigenvalue weighted by Gasteiger charge is 2.40. The van der Waals surface area contributed by atoms with Gasteiger partial charge in [0.05, 0.1) is 18.3 Å². The minimum atomic E-state index is -1.89. The lowest BCUT2D eigenvalue weighted by Gasteiger charge is -2.40. The fraction of sp³-hybridized carbons (Fsp3) is 1.00. The molecule has 4 atom stereocenters. The molecule has 20 heavy (non-hydrogen) atoms. The molecule has 0 heterocycles. The molecule has 0 amide bonds. The zero-order chi connectivity index (χ0) is 16.3. The molecular formula is C16H36O3Si. The molecule has 2 N–H and O–H groups in total. The van der Waals surface area contributed by atoms with Crippen LogP contribution in [0.2, 0.25) is 18.1 Å². The van der Waals surface area contributed by atoms with Crippen molar-refractivity contribution >= 4 is 8.32 Å². The van der Waals surface area contributed by atoms with Gasteiger partial charge in [0.2, 0.25) is 0 Å². The summed E-state index contributed by atoms with van der Waals surface area (Å²) in [6.45, 7) is 18.9. The molecule has 3 nitrogen and oxygen atoms in total. The molecule has 0 saturated carbocycles. The molecule has 0 aromatic carbocycles. The standard InChI is InChI=1S/C16H36O3Si/c1-11(2)10-14(17)12(3)15(18)13(4)19-20(8,9)16(5,6)7/h11-15,17-18H,10H2,1-9H3/t12-,13+,14+,15+/m1/s1. The predicted octanol–water partition coefficient (Wildman–Crippen LogP) is 3.80. The van der Waals surface area contributed by atoms with Crippen LogP contribution in [0.1, 0.15) is 54.9 Å². The number of aliphatic hydroxyl groups is 2. The van der Waals surface area contributed by atoms with Gasteiger partial charge in [0.15, 0.2) is 8.32 Å². The van der Waals surface area contributed by atoms with Crippen LogP contribution in [0, 0.1) is 11.8 Å². The Balaban J connectivity index is 4.66. The molecule has 0 saturated heterocycles. The van der Waals surface area contributed by atoms with Gasteiger partial charge in [0.25, 0.3) is 0 Å². The summed E-state index contributed by atoms with van der Waals surface area (Å²) in [5.74, 6) is 0.258. The predicted molar refractivity (Wildman–Crippen MR) is 88.4 cm³/mol. The Bertz CT molecular complexity index is 284. The summed E-state index contributed by atoms with van der Waals surface area (Å²) in [6.07, 6.45) is -0.633. The zero-order valence-corrected chi connectivity index (χ0v) is 15.9. The second-order valence-electron chi connectivity index (χ2n) is 8.13. The highest BCUT2D eigenvalue weighted by Crippen LogP contribution is 2.38. The third-order valence-electron chi connectivity index (χ3n) is 4.63. The van der Waals surface area contributed by atoms with Crippen molar-refractivity contribution in [1.82, 2.24) is 0 Å². The van der Waals surface area contributed by atoms with Crippen LogP contribution in [0.5, 0.6) is 0 Å². The summed E-state index contributed by atoms with van der Waals surface area (Å²) in [5, 5.41) is 20.7. The minimum absolute atomic E-state index is 0.126. The van der Waals surface area contributed by atoms with Crippen molar-refractivity contribution in [3.8, 4) is 0 Å². The lowest BCUT2D eigenvalue weighted by molar-refractivity contribution is -0.0439. The largest absolute Gasteiger partial charge is 0.412 e. The van der Waals surface area contributed by atoms with Crippen LogP contribution in [0.3, 0.4) is 0 Å². The second kappa shape index (κ2) is 7.39. The molecule has 0 bridgehead atoms. The van der Waals surface area contributed by atoms with Gasteiger partial charge >= 0.3 is 0 Å². The van der Waals surface area contributed by atoms with E-state index in [1.54, 1.807) is 0 Å². The van der Waals surface area contributed by atoms with Gasteiger partial charge in [-0.3, -0.25) is 0 Å². The van der Waals surface area contributed by atoms with Crippen molar-refractivity contribution in [1.29, 1.82) is 0 Å². The second-order valence-corrected chi connectivity index (χ2v) is 12.9. The Labute approximate surface area is 126 Å². The third kappa shape index (κ3) is 5.84. The van der Waals surface area contributed by atoms with Gasteiger partial charge in [0.1, 0.15) is 0 Å². The van der Waals surface area contributed by atoms with Gasteiger partial charge in [0, 0.05) is 5.92 Å². The van der Waals surface area contributed by atoms with Gasteiger partial charge in [-0.15, -0.1) is 0 Å². The lowest BCUT2D eigenvalue weighted by Crippen LogP contribution is -2.48. The summed E-state index contributed by atoms with van der Waals surface area (Å²) >= 11 is 0. The van der Waals surface area contributed by atoms with E-state index in [-0.39, 0.29) is 17.1 Å². The van der Waals surface area contributed by atoms with Crippen molar-refractivity contribution in [3.05, 3.63) is 0 Å². The van der Waals surface area contributed by atoms with Crippen molar-refractivity contribution in [3.63, 3.8) is 0 Å². The summed E-state index contributed by atoms with van der Waals surface area (Å²) in [4.78, 5) is 0. The van der Waals surface area contributed by atoms with Crippen LogP contribution in [0.25, 0.3) is 0 Å². The van der Waals surface area contributed by atoms with Crippen LogP contribution < -0.4 is 0 Å². The average molecular weight is 305 g/mol. The first-order valence-electron chi connectivity index (χ1n) is 7.83. The van der Waals surface area contributed by atoms with Gasteiger partial charge in [-0.1, -0.05) is 41.5 Å². The van der Waals surface area contributed by atoms with E-state index in [1.165, 1.54) is 0 Å². The van der Waals surface area contributed by atoms with Crippen molar-refractivity contribution in [2.24, 2.45) is 11.8 Å². The summed E-state index contributed by atoms with van der Waals surface area (Å²) in [6, 6.07) is 0. The molecule has 0 unspecified atom stereocenters. The molecule has 0 spiro atoms. The number of rotatable bonds is 7. The first kappa shape index (κ1) is 20.1. The Morgan fingerprint density at radius 3 is 1.80 bits per heavy atom. The highest BCUT2D eigenvalue weighted by atomic mass is 28.4. The summed E-state index contributed by atoms with van der Waals surface area (Å²) in [5.41, 5.74) is 0. The molecule has 0 aliphatic heterocycles. The Hall–Kier alpha value is 0.0969. The molecule has 0 fully saturated rings. The number of hydrogen-bond donors (Lipinski definition) is 2. The molecule has 0 rings (SSSR count). The smallest absolute Gasteiger partial charge is 0.192 e. The Morgan fingerprint density at radius 2 is 1.45 bits per heavy atom. The van der Waals surface area contributed by atoms with Crippen LogP contribution in [-0.2, 0) is 4.43 Å². The van der Waals surface area contributed by atoms with Crippen molar-refractivity contribution < 1.29 is 14.6 Å². The SMILES string of the molecule is CC(C)C[C@H](O)[C@@H](C)[C@H](O)[C@H](C)O[Si](C)(C)C(C)(C)C. The topological polar surface area (TPSA) is 49.7 Å². The molecule has 0 aliphatic rings. The van der Waals surface area contributed by atoms with Crippen molar-refractivity contribution in [2.45, 2.75) is 91.3 Å². The van der Waals surface area contributed by atoms with Crippen LogP contribution in [0.4, 0.5) is 0 Å². The maximum Gasteiger partial charge on any atom is 0.192 e. The van der Waals surface area contributed by atoms with E-state index in [0.717, 1.165) is 0 Å². The monoisotopic (exact) mass is 304 g/mol. The van der Waals surface area contributed by atoms with Crippen molar-refractivity contribution in [2.75, 3.05) is 0 Å². The van der Waals surface area contributed by atoms with E-state index in [4.69, 9.17) is 4.43 Å². The van der Waals surface area contributed by atoms with Gasteiger partial charge in [-0.25, -0.2) is 0 Å². The maximum atomic E-state index is 10.4. The van der Waals surface area contributed by atoms with Gasteiger partial charge in [-0.2, -0.15) is 0 Å². The van der Waals surface area contributed by atoms with Gasteiger partial charge in [-0.05, 0) is 37.4 Å². The van der Waals surface area contributed by atoms with E-state index in [9.17, 15) is 10.2 Å². The van der Waals surface area contributed by atoms with E-state index in [2.05, 4.69) is 47.7 Å². The van der Waals surface area contributed by atoms with Crippen LogP contribution >= 0.6 is 0 Å². The van der Waals surface area contributed by atoms with Crippen LogP contribution in [-0.4, -0.2) is 36.8 Å². The van der Waals surface area contributed by atoms with E-state index < -0.39 is 20.5 Å².